The van der Waals surface area contributed by atoms with Crippen LogP contribution in [0.15, 0.2) is 0 Å². The highest BCUT2D eigenvalue weighted by Crippen LogP contribution is 2.36. The minimum atomic E-state index is -0.257. The summed E-state index contributed by atoms with van der Waals surface area (Å²) in [6.45, 7) is 4.35. The molecule has 2 nitrogen and oxygen atoms in total. The first-order chi connectivity index (χ1) is 6.19. The van der Waals surface area contributed by atoms with Gasteiger partial charge in [-0.2, -0.15) is 0 Å². The molecule has 1 rings (SSSR count). The zero-order chi connectivity index (χ0) is 9.84. The second-order valence-electron chi connectivity index (χ2n) is 4.35. The number of hydrogen-bond donors (Lipinski definition) is 1. The molecule has 3 unspecified atom stereocenters. The quantitative estimate of drug-likeness (QED) is 0.689. The number of ether oxygens (including phenoxy) is 1. The summed E-state index contributed by atoms with van der Waals surface area (Å²) >= 11 is 0. The van der Waals surface area contributed by atoms with Gasteiger partial charge in [0.05, 0.1) is 12.2 Å². The van der Waals surface area contributed by atoms with Crippen LogP contribution in [0.25, 0.3) is 0 Å². The molecule has 0 radical (unpaired) electrons. The molecule has 0 aromatic rings. The van der Waals surface area contributed by atoms with Gasteiger partial charge in [-0.1, -0.05) is 20.3 Å². The normalized spacial score (nSPS) is 24.0. The van der Waals surface area contributed by atoms with E-state index < -0.39 is 0 Å². The third-order valence-corrected chi connectivity index (χ3v) is 3.08. The van der Waals surface area contributed by atoms with Crippen molar-refractivity contribution in [1.29, 1.82) is 0 Å². The van der Waals surface area contributed by atoms with Crippen LogP contribution in [-0.2, 0) is 4.74 Å². The van der Waals surface area contributed by atoms with E-state index in [-0.39, 0.29) is 12.2 Å². The second kappa shape index (κ2) is 4.97. The Morgan fingerprint density at radius 2 is 2.08 bits per heavy atom. The molecule has 13 heavy (non-hydrogen) atoms. The lowest BCUT2D eigenvalue weighted by Crippen LogP contribution is -2.31. The molecule has 0 aromatic heterocycles. The van der Waals surface area contributed by atoms with Gasteiger partial charge in [0.1, 0.15) is 0 Å². The predicted molar refractivity (Wildman–Crippen MR) is 53.6 cm³/mol. The molecule has 0 bridgehead atoms. The molecule has 1 fully saturated rings. The van der Waals surface area contributed by atoms with Gasteiger partial charge in [-0.15, -0.1) is 0 Å². The lowest BCUT2D eigenvalue weighted by molar-refractivity contribution is -0.0340. The third-order valence-electron chi connectivity index (χ3n) is 3.08. The van der Waals surface area contributed by atoms with Crippen LogP contribution in [0, 0.1) is 11.8 Å². The molecule has 0 saturated heterocycles. The first-order valence-electron chi connectivity index (χ1n) is 5.39. The summed E-state index contributed by atoms with van der Waals surface area (Å²) in [5.41, 5.74) is 0. The monoisotopic (exact) mass is 186 g/mol. The molecule has 1 saturated carbocycles. The van der Waals surface area contributed by atoms with Crippen molar-refractivity contribution in [3.05, 3.63) is 0 Å². The van der Waals surface area contributed by atoms with Crippen LogP contribution in [0.3, 0.4) is 0 Å². The summed E-state index contributed by atoms with van der Waals surface area (Å²) in [5, 5.41) is 9.90. The lowest BCUT2D eigenvalue weighted by atomic mass is 9.96. The van der Waals surface area contributed by atoms with Gasteiger partial charge in [0.15, 0.2) is 0 Å². The third kappa shape index (κ3) is 3.28. The van der Waals surface area contributed by atoms with Crippen LogP contribution in [0.4, 0.5) is 0 Å². The molecular formula is C11H22O2. The van der Waals surface area contributed by atoms with Crippen LogP contribution < -0.4 is 0 Å². The van der Waals surface area contributed by atoms with Gasteiger partial charge in [0.2, 0.25) is 0 Å². The zero-order valence-corrected chi connectivity index (χ0v) is 8.99. The van der Waals surface area contributed by atoms with Gasteiger partial charge in [-0.05, 0) is 31.1 Å². The smallest absolute Gasteiger partial charge is 0.0858 e. The van der Waals surface area contributed by atoms with Gasteiger partial charge in [-0.3, -0.25) is 0 Å². The van der Waals surface area contributed by atoms with Gasteiger partial charge in [-0.25, -0.2) is 0 Å². The van der Waals surface area contributed by atoms with Crippen molar-refractivity contribution in [3.63, 3.8) is 0 Å². The Morgan fingerprint density at radius 1 is 1.46 bits per heavy atom. The van der Waals surface area contributed by atoms with E-state index in [4.69, 9.17) is 4.74 Å². The highest BCUT2D eigenvalue weighted by molar-refractivity contribution is 4.87. The molecule has 2 heteroatoms. The largest absolute Gasteiger partial charge is 0.390 e. The van der Waals surface area contributed by atoms with E-state index in [1.165, 1.54) is 12.8 Å². The molecule has 1 aliphatic carbocycles. The van der Waals surface area contributed by atoms with Crippen LogP contribution in [0.2, 0.25) is 0 Å². The van der Waals surface area contributed by atoms with E-state index in [0.717, 1.165) is 12.8 Å². The topological polar surface area (TPSA) is 29.5 Å². The van der Waals surface area contributed by atoms with Crippen LogP contribution in [-0.4, -0.2) is 24.4 Å². The molecule has 0 heterocycles. The van der Waals surface area contributed by atoms with E-state index in [2.05, 4.69) is 13.8 Å². The van der Waals surface area contributed by atoms with Gasteiger partial charge in [0, 0.05) is 7.11 Å². The Balaban J connectivity index is 2.30. The summed E-state index contributed by atoms with van der Waals surface area (Å²) in [5.74, 6) is 1.23. The molecule has 0 amide bonds. The minimum Gasteiger partial charge on any atom is -0.390 e. The number of hydrogen-bond acceptors (Lipinski definition) is 2. The number of rotatable bonds is 6. The maximum Gasteiger partial charge on any atom is 0.0858 e. The van der Waals surface area contributed by atoms with Gasteiger partial charge in [0.25, 0.3) is 0 Å². The number of aliphatic hydroxyl groups is 1. The van der Waals surface area contributed by atoms with E-state index in [1.807, 2.05) is 0 Å². The second-order valence-corrected chi connectivity index (χ2v) is 4.35. The molecule has 3 atom stereocenters. The van der Waals surface area contributed by atoms with E-state index in [0.29, 0.717) is 11.8 Å². The minimum absolute atomic E-state index is 0.0917. The summed E-state index contributed by atoms with van der Waals surface area (Å²) < 4.78 is 5.33. The van der Waals surface area contributed by atoms with Gasteiger partial charge >= 0.3 is 0 Å². The molecule has 0 aliphatic heterocycles. The van der Waals surface area contributed by atoms with Crippen molar-refractivity contribution < 1.29 is 9.84 Å². The average Bonchev–Trinajstić information content (AvgIpc) is 2.89. The summed E-state index contributed by atoms with van der Waals surface area (Å²) in [7, 11) is 1.71. The summed E-state index contributed by atoms with van der Waals surface area (Å²) in [6.07, 6.45) is 4.32. The Morgan fingerprint density at radius 3 is 2.46 bits per heavy atom. The fourth-order valence-electron chi connectivity index (χ4n) is 1.80. The summed E-state index contributed by atoms with van der Waals surface area (Å²) in [4.78, 5) is 0. The van der Waals surface area contributed by atoms with E-state index >= 15 is 0 Å². The Bertz CT molecular complexity index is 143. The molecular weight excluding hydrogens is 164 g/mol. The fourth-order valence-corrected chi connectivity index (χ4v) is 1.80. The Kier molecular flexibility index (Phi) is 4.20. The standard InChI is InChI=1S/C11H22O2/c1-4-8(2)7-10(12)11(13-3)9-5-6-9/h8-12H,4-7H2,1-3H3. The number of methoxy groups -OCH3 is 1. The van der Waals surface area contributed by atoms with Crippen molar-refractivity contribution in [2.24, 2.45) is 11.8 Å². The van der Waals surface area contributed by atoms with Crippen molar-refractivity contribution in [1.82, 2.24) is 0 Å². The molecule has 0 aromatic carbocycles. The maximum atomic E-state index is 9.90. The Hall–Kier alpha value is -0.0800. The molecule has 0 spiro atoms. The van der Waals surface area contributed by atoms with Crippen LogP contribution in [0.5, 0.6) is 0 Å². The maximum absolute atomic E-state index is 9.90. The van der Waals surface area contributed by atoms with Crippen molar-refractivity contribution in [2.75, 3.05) is 7.11 Å². The lowest BCUT2D eigenvalue weighted by Gasteiger charge is -2.23. The summed E-state index contributed by atoms with van der Waals surface area (Å²) in [6, 6.07) is 0. The van der Waals surface area contributed by atoms with E-state index in [9.17, 15) is 5.11 Å². The SMILES string of the molecule is CCC(C)CC(O)C(OC)C1CC1. The van der Waals surface area contributed by atoms with Crippen molar-refractivity contribution >= 4 is 0 Å². The highest BCUT2D eigenvalue weighted by Gasteiger charge is 2.36. The van der Waals surface area contributed by atoms with Crippen molar-refractivity contribution in [3.8, 4) is 0 Å². The van der Waals surface area contributed by atoms with E-state index in [1.54, 1.807) is 7.11 Å². The highest BCUT2D eigenvalue weighted by atomic mass is 16.5. The molecule has 78 valence electrons. The van der Waals surface area contributed by atoms with Crippen molar-refractivity contribution in [2.45, 2.75) is 51.7 Å². The van der Waals surface area contributed by atoms with Crippen LogP contribution in [0.1, 0.15) is 39.5 Å². The Labute approximate surface area is 81.3 Å². The first-order valence-corrected chi connectivity index (χ1v) is 5.39. The van der Waals surface area contributed by atoms with Crippen LogP contribution >= 0.6 is 0 Å². The number of aliphatic hydroxyl groups excluding tert-OH is 1. The molecule has 1 N–H and O–H groups in total. The van der Waals surface area contributed by atoms with Gasteiger partial charge < -0.3 is 9.84 Å². The zero-order valence-electron chi connectivity index (χ0n) is 8.99. The first kappa shape index (κ1) is 11.0. The fraction of sp³-hybridized carbons (Fsp3) is 1.00. The predicted octanol–water partition coefficient (Wildman–Crippen LogP) is 2.21. The average molecular weight is 186 g/mol. The molecule has 1 aliphatic rings.